The molecule has 0 rings (SSSR count). The minimum absolute atomic E-state index is 0.0623. The predicted octanol–water partition coefficient (Wildman–Crippen LogP) is 16.0. The molecule has 0 saturated heterocycles. The van der Waals surface area contributed by atoms with Crippen molar-refractivity contribution in [3.05, 3.63) is 0 Å². The molecule has 56 heavy (non-hydrogen) atoms. The number of ether oxygens (including phenoxy) is 3. The van der Waals surface area contributed by atoms with Gasteiger partial charge in [-0.15, -0.1) is 0 Å². The summed E-state index contributed by atoms with van der Waals surface area (Å²) in [6.45, 7) is 6.65. The van der Waals surface area contributed by atoms with Gasteiger partial charge in [0.05, 0.1) is 0 Å². The molecule has 1 unspecified atom stereocenters. The Hall–Kier alpha value is -1.59. The Morgan fingerprint density at radius 1 is 0.286 bits per heavy atom. The molecule has 0 aromatic heterocycles. The van der Waals surface area contributed by atoms with E-state index in [1.807, 2.05) is 0 Å². The molecule has 0 bridgehead atoms. The van der Waals surface area contributed by atoms with Crippen molar-refractivity contribution >= 4 is 17.9 Å². The first-order chi connectivity index (χ1) is 27.5. The molecule has 1 atom stereocenters. The monoisotopic (exact) mass is 793 g/mol. The first-order valence-corrected chi connectivity index (χ1v) is 25.0. The van der Waals surface area contributed by atoms with Crippen LogP contribution in [0, 0.1) is 0 Å². The number of carbonyl (C=O) groups is 3. The number of esters is 3. The van der Waals surface area contributed by atoms with Gasteiger partial charge in [-0.25, -0.2) is 0 Å². The highest BCUT2D eigenvalue weighted by Gasteiger charge is 2.19. The molecule has 0 aliphatic carbocycles. The van der Waals surface area contributed by atoms with Crippen LogP contribution < -0.4 is 0 Å². The summed E-state index contributed by atoms with van der Waals surface area (Å²) in [7, 11) is 0. The van der Waals surface area contributed by atoms with Crippen molar-refractivity contribution in [3.8, 4) is 0 Å². The number of rotatable bonds is 46. The van der Waals surface area contributed by atoms with E-state index in [0.717, 1.165) is 57.8 Å². The molecule has 0 spiro atoms. The fraction of sp³-hybridized carbons (Fsp3) is 0.940. The zero-order valence-electron chi connectivity index (χ0n) is 37.9. The van der Waals surface area contributed by atoms with Gasteiger partial charge in [0.25, 0.3) is 0 Å². The lowest BCUT2D eigenvalue weighted by Gasteiger charge is -2.18. The van der Waals surface area contributed by atoms with E-state index >= 15 is 0 Å². The lowest BCUT2D eigenvalue weighted by atomic mass is 10.0. The van der Waals surface area contributed by atoms with Gasteiger partial charge in [-0.1, -0.05) is 245 Å². The maximum Gasteiger partial charge on any atom is 0.306 e. The highest BCUT2D eigenvalue weighted by molar-refractivity contribution is 5.71. The summed E-state index contributed by atoms with van der Waals surface area (Å²) in [4.78, 5) is 37.8. The van der Waals surface area contributed by atoms with Crippen LogP contribution in [0.15, 0.2) is 0 Å². The van der Waals surface area contributed by atoms with Crippen LogP contribution in [-0.2, 0) is 28.6 Å². The van der Waals surface area contributed by atoms with Gasteiger partial charge in [-0.2, -0.15) is 0 Å². The third-order valence-corrected chi connectivity index (χ3v) is 11.4. The van der Waals surface area contributed by atoms with E-state index in [4.69, 9.17) is 14.2 Å². The van der Waals surface area contributed by atoms with Crippen LogP contribution in [0.4, 0.5) is 0 Å². The average molecular weight is 793 g/mol. The Labute approximate surface area is 348 Å². The standard InChI is InChI=1S/C50H96O6/c1-4-7-10-13-16-19-21-23-25-26-28-29-31-34-37-40-43-49(52)55-46-47(45-54-48(51)42-39-36-33-18-15-12-9-6-3)56-50(53)44-41-38-35-32-30-27-24-22-20-17-14-11-8-5-2/h47H,4-46H2,1-3H3. The van der Waals surface area contributed by atoms with Crippen LogP contribution in [0.5, 0.6) is 0 Å². The van der Waals surface area contributed by atoms with Crippen LogP contribution in [0.2, 0.25) is 0 Å². The molecule has 6 nitrogen and oxygen atoms in total. The zero-order valence-corrected chi connectivity index (χ0v) is 37.9. The van der Waals surface area contributed by atoms with Gasteiger partial charge in [0.15, 0.2) is 6.10 Å². The first-order valence-electron chi connectivity index (χ1n) is 25.0. The first kappa shape index (κ1) is 54.4. The molecular weight excluding hydrogens is 697 g/mol. The van der Waals surface area contributed by atoms with Gasteiger partial charge in [0.1, 0.15) is 13.2 Å². The fourth-order valence-corrected chi connectivity index (χ4v) is 7.56. The molecule has 0 aromatic rings. The summed E-state index contributed by atoms with van der Waals surface area (Å²) in [5, 5.41) is 0. The average Bonchev–Trinajstić information content (AvgIpc) is 3.19. The van der Waals surface area contributed by atoms with Gasteiger partial charge in [0.2, 0.25) is 0 Å². The second kappa shape index (κ2) is 46.1. The van der Waals surface area contributed by atoms with E-state index in [1.54, 1.807) is 0 Å². The molecule has 0 fully saturated rings. The number of carbonyl (C=O) groups excluding carboxylic acids is 3. The molecule has 0 radical (unpaired) electrons. The summed E-state index contributed by atoms with van der Waals surface area (Å²) in [6.07, 6.45) is 48.0. The van der Waals surface area contributed by atoms with Crippen LogP contribution >= 0.6 is 0 Å². The zero-order chi connectivity index (χ0) is 40.8. The van der Waals surface area contributed by atoms with Crippen LogP contribution in [0.1, 0.15) is 284 Å². The molecule has 332 valence electrons. The van der Waals surface area contributed by atoms with Crippen molar-refractivity contribution in [2.45, 2.75) is 290 Å². The summed E-state index contributed by atoms with van der Waals surface area (Å²) in [6, 6.07) is 0. The van der Waals surface area contributed by atoms with Crippen LogP contribution in [0.3, 0.4) is 0 Å². The largest absolute Gasteiger partial charge is 0.462 e. The lowest BCUT2D eigenvalue weighted by Crippen LogP contribution is -2.30. The molecule has 0 saturated carbocycles. The molecule has 0 heterocycles. The molecule has 0 N–H and O–H groups in total. The Balaban J connectivity index is 4.24. The Morgan fingerprint density at radius 2 is 0.482 bits per heavy atom. The van der Waals surface area contributed by atoms with Gasteiger partial charge in [-0.3, -0.25) is 14.4 Å². The molecule has 0 amide bonds. The smallest absolute Gasteiger partial charge is 0.306 e. The van der Waals surface area contributed by atoms with Crippen LogP contribution in [0.25, 0.3) is 0 Å². The summed E-state index contributed by atoms with van der Waals surface area (Å²) < 4.78 is 16.7. The van der Waals surface area contributed by atoms with Crippen molar-refractivity contribution in [3.63, 3.8) is 0 Å². The van der Waals surface area contributed by atoms with E-state index < -0.39 is 6.10 Å². The summed E-state index contributed by atoms with van der Waals surface area (Å²) in [5.74, 6) is -0.848. The molecule has 0 aliphatic heterocycles. The van der Waals surface area contributed by atoms with Gasteiger partial charge < -0.3 is 14.2 Å². The van der Waals surface area contributed by atoms with E-state index in [0.29, 0.717) is 19.3 Å². The van der Waals surface area contributed by atoms with Crippen LogP contribution in [-0.4, -0.2) is 37.2 Å². The highest BCUT2D eigenvalue weighted by atomic mass is 16.6. The minimum Gasteiger partial charge on any atom is -0.462 e. The molecular formula is C50H96O6. The number of hydrogen-bond donors (Lipinski definition) is 0. The number of hydrogen-bond acceptors (Lipinski definition) is 6. The third-order valence-electron chi connectivity index (χ3n) is 11.4. The second-order valence-electron chi connectivity index (χ2n) is 17.1. The Kier molecular flexibility index (Phi) is 44.8. The van der Waals surface area contributed by atoms with E-state index in [9.17, 15) is 14.4 Å². The predicted molar refractivity (Wildman–Crippen MR) is 238 cm³/mol. The third kappa shape index (κ3) is 43.5. The maximum atomic E-state index is 12.7. The second-order valence-corrected chi connectivity index (χ2v) is 17.1. The van der Waals surface area contributed by atoms with Gasteiger partial charge in [-0.05, 0) is 19.3 Å². The number of unbranched alkanes of at least 4 members (excludes halogenated alkanes) is 35. The molecule has 0 aromatic carbocycles. The maximum absolute atomic E-state index is 12.7. The minimum atomic E-state index is -0.758. The topological polar surface area (TPSA) is 78.9 Å². The molecule has 6 heteroatoms. The fourth-order valence-electron chi connectivity index (χ4n) is 7.56. The highest BCUT2D eigenvalue weighted by Crippen LogP contribution is 2.16. The van der Waals surface area contributed by atoms with Gasteiger partial charge in [0, 0.05) is 19.3 Å². The van der Waals surface area contributed by atoms with Crippen molar-refractivity contribution in [2.24, 2.45) is 0 Å². The Bertz CT molecular complexity index is 828. The van der Waals surface area contributed by atoms with Gasteiger partial charge >= 0.3 is 17.9 Å². The van der Waals surface area contributed by atoms with E-state index in [-0.39, 0.29) is 31.1 Å². The van der Waals surface area contributed by atoms with Crippen molar-refractivity contribution in [1.82, 2.24) is 0 Å². The van der Waals surface area contributed by atoms with Crippen molar-refractivity contribution in [2.75, 3.05) is 13.2 Å². The molecule has 0 aliphatic rings. The normalized spacial score (nSPS) is 11.8. The Morgan fingerprint density at radius 3 is 0.714 bits per heavy atom. The lowest BCUT2D eigenvalue weighted by molar-refractivity contribution is -0.167. The summed E-state index contributed by atoms with van der Waals surface area (Å²) >= 11 is 0. The summed E-state index contributed by atoms with van der Waals surface area (Å²) in [5.41, 5.74) is 0. The SMILES string of the molecule is CCCCCCCCCCCCCCCCCCC(=O)OCC(COC(=O)CCCCCCCCCC)OC(=O)CCCCCCCCCCCCCCCC. The van der Waals surface area contributed by atoms with E-state index in [2.05, 4.69) is 20.8 Å². The van der Waals surface area contributed by atoms with Crippen molar-refractivity contribution in [1.29, 1.82) is 0 Å². The van der Waals surface area contributed by atoms with Crippen molar-refractivity contribution < 1.29 is 28.6 Å². The van der Waals surface area contributed by atoms with E-state index in [1.165, 1.54) is 186 Å². The quantitative estimate of drug-likeness (QED) is 0.0347.